The monoisotopic (exact) mass is 368 g/mol. The summed E-state index contributed by atoms with van der Waals surface area (Å²) >= 11 is 0. The Labute approximate surface area is 154 Å². The Morgan fingerprint density at radius 3 is 1.44 bits per heavy atom. The molecule has 1 aliphatic rings. The predicted molar refractivity (Wildman–Crippen MR) is 92.0 cm³/mol. The fraction of sp³-hybridized carbons (Fsp3) is 0.158. The zero-order valence-corrected chi connectivity index (χ0v) is 14.1. The van der Waals surface area contributed by atoms with Crippen molar-refractivity contribution in [3.05, 3.63) is 71.8 Å². The van der Waals surface area contributed by atoms with E-state index in [1.54, 1.807) is 60.7 Å². The lowest BCUT2D eigenvalue weighted by atomic mass is 10.2. The Kier molecular flexibility index (Phi) is 5.46. The van der Waals surface area contributed by atoms with Crippen LogP contribution < -0.4 is 0 Å². The van der Waals surface area contributed by atoms with Gasteiger partial charge < -0.3 is 9.47 Å². The summed E-state index contributed by atoms with van der Waals surface area (Å²) in [5, 5.41) is 0. The van der Waals surface area contributed by atoms with Gasteiger partial charge in [0.1, 0.15) is 6.67 Å². The maximum Gasteiger partial charge on any atom is 0.340 e. The average molecular weight is 368 g/mol. The Hall–Kier alpha value is -3.68. The Balaban J connectivity index is 1.81. The van der Waals surface area contributed by atoms with E-state index in [2.05, 4.69) is 0 Å². The van der Waals surface area contributed by atoms with Crippen LogP contribution in [0.4, 0.5) is 0 Å². The number of benzene rings is 2. The van der Waals surface area contributed by atoms with E-state index >= 15 is 0 Å². The predicted octanol–water partition coefficient (Wildman–Crippen LogP) is 1.24. The van der Waals surface area contributed by atoms with E-state index in [4.69, 9.17) is 9.47 Å². The number of amides is 2. The van der Waals surface area contributed by atoms with Crippen LogP contribution in [0.25, 0.3) is 0 Å². The van der Waals surface area contributed by atoms with Crippen molar-refractivity contribution in [3.8, 4) is 0 Å². The average Bonchev–Trinajstić information content (AvgIpc) is 3.05. The third kappa shape index (κ3) is 3.95. The van der Waals surface area contributed by atoms with E-state index in [-0.39, 0.29) is 17.8 Å². The molecule has 0 spiro atoms. The quantitative estimate of drug-likeness (QED) is 0.563. The van der Waals surface area contributed by atoms with Crippen molar-refractivity contribution in [1.82, 2.24) is 9.80 Å². The molecular formula is C19H16N2O6. The van der Waals surface area contributed by atoms with E-state index in [1.807, 2.05) is 0 Å². The van der Waals surface area contributed by atoms with Gasteiger partial charge in [0.25, 0.3) is 0 Å². The van der Waals surface area contributed by atoms with Crippen LogP contribution in [0, 0.1) is 0 Å². The molecule has 0 N–H and O–H groups in total. The van der Waals surface area contributed by atoms with Gasteiger partial charge in [0, 0.05) is 0 Å². The smallest absolute Gasteiger partial charge is 0.340 e. The summed E-state index contributed by atoms with van der Waals surface area (Å²) < 4.78 is 10.7. The van der Waals surface area contributed by atoms with Gasteiger partial charge in [-0.2, -0.15) is 0 Å². The third-order valence-electron chi connectivity index (χ3n) is 3.97. The summed E-state index contributed by atoms with van der Waals surface area (Å²) in [7, 11) is 0. The van der Waals surface area contributed by atoms with Crippen molar-refractivity contribution in [2.24, 2.45) is 0 Å². The molecule has 0 saturated carbocycles. The summed E-state index contributed by atoms with van der Waals surface area (Å²) in [6, 6.07) is 16.3. The molecule has 27 heavy (non-hydrogen) atoms. The minimum absolute atomic E-state index is 0.174. The van der Waals surface area contributed by atoms with Crippen LogP contribution in [-0.2, 0) is 19.1 Å². The molecular weight excluding hydrogens is 352 g/mol. The van der Waals surface area contributed by atoms with Crippen LogP contribution in [0.2, 0.25) is 0 Å². The highest BCUT2D eigenvalue weighted by molar-refractivity contribution is 5.90. The fourth-order valence-electron chi connectivity index (χ4n) is 2.62. The molecule has 0 bridgehead atoms. The van der Waals surface area contributed by atoms with E-state index in [0.29, 0.717) is 12.8 Å². The first-order valence-electron chi connectivity index (χ1n) is 8.08. The van der Waals surface area contributed by atoms with Gasteiger partial charge in [-0.05, 0) is 24.3 Å². The maximum atomic E-state index is 12.3. The summed E-state index contributed by atoms with van der Waals surface area (Å²) in [6.07, 6.45) is -1.66. The Bertz CT molecular complexity index is 757. The molecule has 0 radical (unpaired) electrons. The van der Waals surface area contributed by atoms with E-state index in [1.165, 1.54) is 0 Å². The maximum absolute atomic E-state index is 12.3. The molecule has 1 aliphatic heterocycles. The van der Waals surface area contributed by atoms with Crippen LogP contribution in [0.1, 0.15) is 20.7 Å². The number of hydrogen-bond donors (Lipinski definition) is 0. The first-order valence-corrected chi connectivity index (χ1v) is 8.08. The number of nitrogens with zero attached hydrogens (tertiary/aromatic N) is 2. The molecule has 138 valence electrons. The molecule has 2 atom stereocenters. The van der Waals surface area contributed by atoms with Crippen molar-refractivity contribution in [3.63, 3.8) is 0 Å². The van der Waals surface area contributed by atoms with Crippen molar-refractivity contribution in [2.75, 3.05) is 6.67 Å². The molecule has 2 aromatic carbocycles. The molecule has 0 aromatic heterocycles. The zero-order valence-electron chi connectivity index (χ0n) is 14.1. The highest BCUT2D eigenvalue weighted by Gasteiger charge is 2.45. The largest absolute Gasteiger partial charge is 0.432 e. The lowest BCUT2D eigenvalue weighted by molar-refractivity contribution is -0.135. The van der Waals surface area contributed by atoms with Gasteiger partial charge in [-0.25, -0.2) is 9.59 Å². The molecule has 0 unspecified atom stereocenters. The number of hydrogen-bond acceptors (Lipinski definition) is 6. The van der Waals surface area contributed by atoms with Gasteiger partial charge in [0.15, 0.2) is 0 Å². The Morgan fingerprint density at radius 2 is 1.11 bits per heavy atom. The SMILES string of the molecule is O=CN1CN(C=O)[C@@H](OC(=O)c2ccccc2)[C@@H]1OC(=O)c1ccccc1. The number of carbonyl (C=O) groups excluding carboxylic acids is 4. The first-order chi connectivity index (χ1) is 13.1. The standard InChI is InChI=1S/C19H16N2O6/c22-12-20-11-21(13-23)17(27-19(25)15-9-5-2-6-10-15)16(20)26-18(24)14-7-3-1-4-8-14/h1-10,12-13,16-17H,11H2/t16-,17-/m0/s1. The summed E-state index contributed by atoms with van der Waals surface area (Å²) in [4.78, 5) is 49.5. The number of ether oxygens (including phenoxy) is 2. The van der Waals surface area contributed by atoms with E-state index in [9.17, 15) is 19.2 Å². The second kappa shape index (κ2) is 8.13. The molecule has 0 aliphatic carbocycles. The van der Waals surface area contributed by atoms with Gasteiger partial charge in [0.05, 0.1) is 11.1 Å². The van der Waals surface area contributed by atoms with Crippen LogP contribution in [0.3, 0.4) is 0 Å². The summed E-state index contributed by atoms with van der Waals surface area (Å²) in [5.74, 6) is -1.41. The Morgan fingerprint density at radius 1 is 0.741 bits per heavy atom. The zero-order chi connectivity index (χ0) is 19.2. The highest BCUT2D eigenvalue weighted by atomic mass is 16.6. The topological polar surface area (TPSA) is 93.2 Å². The first kappa shape index (κ1) is 18.1. The van der Waals surface area contributed by atoms with Crippen LogP contribution in [-0.4, -0.2) is 53.7 Å². The second-order valence-electron chi connectivity index (χ2n) is 5.70. The number of esters is 2. The van der Waals surface area contributed by atoms with Crippen molar-refractivity contribution >= 4 is 24.8 Å². The summed E-state index contributed by atoms with van der Waals surface area (Å²) in [5.41, 5.74) is 0.530. The molecule has 8 heteroatoms. The van der Waals surface area contributed by atoms with Crippen LogP contribution in [0.15, 0.2) is 60.7 Å². The van der Waals surface area contributed by atoms with Gasteiger partial charge in [0.2, 0.25) is 25.3 Å². The third-order valence-corrected chi connectivity index (χ3v) is 3.97. The van der Waals surface area contributed by atoms with Gasteiger partial charge in [-0.3, -0.25) is 19.4 Å². The molecule has 8 nitrogen and oxygen atoms in total. The molecule has 2 amide bonds. The van der Waals surface area contributed by atoms with Crippen molar-refractivity contribution in [2.45, 2.75) is 12.5 Å². The highest BCUT2D eigenvalue weighted by Crippen LogP contribution is 2.23. The molecule has 1 heterocycles. The van der Waals surface area contributed by atoms with Gasteiger partial charge >= 0.3 is 11.9 Å². The number of rotatable bonds is 6. The van der Waals surface area contributed by atoms with Crippen molar-refractivity contribution in [1.29, 1.82) is 0 Å². The van der Waals surface area contributed by atoms with Crippen molar-refractivity contribution < 1.29 is 28.7 Å². The molecule has 1 saturated heterocycles. The lowest BCUT2D eigenvalue weighted by Gasteiger charge is -2.24. The fourth-order valence-corrected chi connectivity index (χ4v) is 2.62. The van der Waals surface area contributed by atoms with E-state index < -0.39 is 24.4 Å². The summed E-state index contributed by atoms with van der Waals surface area (Å²) in [6.45, 7) is -0.174. The number of carbonyl (C=O) groups is 4. The second-order valence-corrected chi connectivity index (χ2v) is 5.70. The minimum atomic E-state index is -1.26. The van der Waals surface area contributed by atoms with Crippen LogP contribution in [0.5, 0.6) is 0 Å². The van der Waals surface area contributed by atoms with Gasteiger partial charge in [-0.1, -0.05) is 36.4 Å². The normalized spacial score (nSPS) is 18.7. The minimum Gasteiger partial charge on any atom is -0.432 e. The molecule has 2 aromatic rings. The molecule has 3 rings (SSSR count). The van der Waals surface area contributed by atoms with Crippen LogP contribution >= 0.6 is 0 Å². The lowest BCUT2D eigenvalue weighted by Crippen LogP contribution is -2.43. The van der Waals surface area contributed by atoms with Gasteiger partial charge in [-0.15, -0.1) is 0 Å². The molecule has 1 fully saturated rings. The van der Waals surface area contributed by atoms with E-state index in [0.717, 1.165) is 9.80 Å².